The van der Waals surface area contributed by atoms with Crippen LogP contribution < -0.4 is 4.74 Å². The van der Waals surface area contributed by atoms with Gasteiger partial charge in [0.05, 0.1) is 12.2 Å². The predicted octanol–water partition coefficient (Wildman–Crippen LogP) is 3.39. The molecule has 0 bridgehead atoms. The largest absolute Gasteiger partial charge is 0.494 e. The molecule has 0 aliphatic heterocycles. The number of carbonyl (C=O) groups excluding carboxylic acids is 2. The minimum absolute atomic E-state index is 0.238. The highest BCUT2D eigenvalue weighted by atomic mass is 16.5. The van der Waals surface area contributed by atoms with Crippen LogP contribution in [0, 0.1) is 0 Å². The van der Waals surface area contributed by atoms with Crippen molar-refractivity contribution in [2.24, 2.45) is 0 Å². The van der Waals surface area contributed by atoms with Crippen LogP contribution in [-0.4, -0.2) is 37.0 Å². The van der Waals surface area contributed by atoms with Crippen molar-refractivity contribution < 1.29 is 19.1 Å². The molecule has 0 N–H and O–H groups in total. The fraction of sp³-hybridized carbons (Fsp3) is 0.364. The number of hydrogen-bond acceptors (Lipinski definition) is 4. The van der Waals surface area contributed by atoms with Crippen LogP contribution >= 0.6 is 0 Å². The molecule has 3 rings (SSSR count). The zero-order valence-corrected chi connectivity index (χ0v) is 15.9. The van der Waals surface area contributed by atoms with Crippen molar-refractivity contribution in [2.45, 2.75) is 32.7 Å². The van der Waals surface area contributed by atoms with Crippen LogP contribution in [0.3, 0.4) is 0 Å². The minimum Gasteiger partial charge on any atom is -0.494 e. The first-order valence-electron chi connectivity index (χ1n) is 9.31. The Bertz CT molecular complexity index is 814. The van der Waals surface area contributed by atoms with Crippen LogP contribution in [-0.2, 0) is 28.9 Å². The highest BCUT2D eigenvalue weighted by Crippen LogP contribution is 2.23. The lowest BCUT2D eigenvalue weighted by Gasteiger charge is -2.17. The standard InChI is InChI=1S/C22H25NO4/c1-3-26-20-11-7-16(8-12-20)14-23(2)21(24)15-27-22(25)19-10-9-17-5-4-6-18(17)13-19/h7-13H,3-6,14-15H2,1-2H3. The molecule has 2 aromatic rings. The van der Waals surface area contributed by atoms with Gasteiger partial charge in [0, 0.05) is 13.6 Å². The molecule has 2 aromatic carbocycles. The Hall–Kier alpha value is -2.82. The summed E-state index contributed by atoms with van der Waals surface area (Å²) in [7, 11) is 1.70. The first-order valence-corrected chi connectivity index (χ1v) is 9.31. The van der Waals surface area contributed by atoms with E-state index in [1.54, 1.807) is 18.0 Å². The molecule has 0 radical (unpaired) electrons. The maximum Gasteiger partial charge on any atom is 0.338 e. The second-order valence-electron chi connectivity index (χ2n) is 6.74. The summed E-state index contributed by atoms with van der Waals surface area (Å²) in [6.07, 6.45) is 3.20. The predicted molar refractivity (Wildman–Crippen MR) is 103 cm³/mol. The molecule has 27 heavy (non-hydrogen) atoms. The van der Waals surface area contributed by atoms with Crippen LogP contribution in [0.2, 0.25) is 0 Å². The summed E-state index contributed by atoms with van der Waals surface area (Å²) in [6.45, 7) is 2.74. The number of esters is 1. The highest BCUT2D eigenvalue weighted by molar-refractivity contribution is 5.91. The van der Waals surface area contributed by atoms with E-state index in [1.165, 1.54) is 11.1 Å². The summed E-state index contributed by atoms with van der Waals surface area (Å²) >= 11 is 0. The molecule has 0 unspecified atom stereocenters. The normalized spacial score (nSPS) is 12.4. The molecule has 142 valence electrons. The Labute approximate surface area is 159 Å². The van der Waals surface area contributed by atoms with Crippen molar-refractivity contribution in [3.63, 3.8) is 0 Å². The van der Waals surface area contributed by atoms with Crippen LogP contribution in [0.5, 0.6) is 5.75 Å². The Morgan fingerprint density at radius 2 is 1.78 bits per heavy atom. The van der Waals surface area contributed by atoms with Crippen molar-refractivity contribution in [1.29, 1.82) is 0 Å². The van der Waals surface area contributed by atoms with Crippen LogP contribution in [0.4, 0.5) is 0 Å². The second kappa shape index (κ2) is 8.71. The second-order valence-corrected chi connectivity index (χ2v) is 6.74. The molecule has 0 saturated carbocycles. The lowest BCUT2D eigenvalue weighted by molar-refractivity contribution is -0.133. The average Bonchev–Trinajstić information content (AvgIpc) is 3.15. The number of nitrogens with zero attached hydrogens (tertiary/aromatic N) is 1. The number of amides is 1. The molecule has 5 heteroatoms. The number of aryl methyl sites for hydroxylation is 2. The third kappa shape index (κ3) is 4.88. The van der Waals surface area contributed by atoms with Gasteiger partial charge in [-0.1, -0.05) is 18.2 Å². The van der Waals surface area contributed by atoms with Gasteiger partial charge >= 0.3 is 5.97 Å². The fourth-order valence-corrected chi connectivity index (χ4v) is 3.24. The Morgan fingerprint density at radius 3 is 2.52 bits per heavy atom. The van der Waals surface area contributed by atoms with Gasteiger partial charge in [-0.2, -0.15) is 0 Å². The molecule has 0 heterocycles. The van der Waals surface area contributed by atoms with E-state index in [0.717, 1.165) is 30.6 Å². The molecule has 5 nitrogen and oxygen atoms in total. The molecule has 0 saturated heterocycles. The SMILES string of the molecule is CCOc1ccc(CN(C)C(=O)COC(=O)c2ccc3c(c2)CCC3)cc1. The highest BCUT2D eigenvalue weighted by Gasteiger charge is 2.17. The smallest absolute Gasteiger partial charge is 0.338 e. The molecule has 0 fully saturated rings. The summed E-state index contributed by atoms with van der Waals surface area (Å²) in [4.78, 5) is 26.0. The number of rotatable bonds is 7. The number of hydrogen-bond donors (Lipinski definition) is 0. The van der Waals surface area contributed by atoms with E-state index in [4.69, 9.17) is 9.47 Å². The lowest BCUT2D eigenvalue weighted by atomic mass is 10.1. The summed E-state index contributed by atoms with van der Waals surface area (Å²) in [6, 6.07) is 13.3. The van der Waals surface area contributed by atoms with E-state index in [1.807, 2.05) is 43.3 Å². The number of carbonyl (C=O) groups is 2. The van der Waals surface area contributed by atoms with Crippen LogP contribution in [0.25, 0.3) is 0 Å². The zero-order valence-electron chi connectivity index (χ0n) is 15.9. The first-order chi connectivity index (χ1) is 13.1. The Morgan fingerprint density at radius 1 is 1.04 bits per heavy atom. The molecule has 0 atom stereocenters. The Balaban J connectivity index is 1.50. The fourth-order valence-electron chi connectivity index (χ4n) is 3.24. The molecular formula is C22H25NO4. The quantitative estimate of drug-likeness (QED) is 0.704. The number of benzene rings is 2. The van der Waals surface area contributed by atoms with Crippen molar-refractivity contribution in [2.75, 3.05) is 20.3 Å². The molecular weight excluding hydrogens is 342 g/mol. The van der Waals surface area contributed by atoms with Gasteiger partial charge in [-0.25, -0.2) is 4.79 Å². The lowest BCUT2D eigenvalue weighted by Crippen LogP contribution is -2.30. The van der Waals surface area contributed by atoms with Gasteiger partial charge in [-0.3, -0.25) is 4.79 Å². The maximum absolute atomic E-state index is 12.3. The van der Waals surface area contributed by atoms with E-state index in [0.29, 0.717) is 18.7 Å². The Kier molecular flexibility index (Phi) is 6.12. The average molecular weight is 367 g/mol. The van der Waals surface area contributed by atoms with Crippen LogP contribution in [0.1, 0.15) is 40.4 Å². The van der Waals surface area contributed by atoms with Gasteiger partial charge in [-0.05, 0) is 67.1 Å². The summed E-state index contributed by atoms with van der Waals surface area (Å²) in [5.74, 6) is 0.115. The maximum atomic E-state index is 12.3. The summed E-state index contributed by atoms with van der Waals surface area (Å²) < 4.78 is 10.6. The monoisotopic (exact) mass is 367 g/mol. The van der Waals surface area contributed by atoms with Crippen molar-refractivity contribution in [3.8, 4) is 5.75 Å². The van der Waals surface area contributed by atoms with Gasteiger partial charge in [0.1, 0.15) is 5.75 Å². The minimum atomic E-state index is -0.451. The van der Waals surface area contributed by atoms with Gasteiger partial charge in [0.25, 0.3) is 5.91 Å². The van der Waals surface area contributed by atoms with E-state index in [9.17, 15) is 9.59 Å². The number of ether oxygens (including phenoxy) is 2. The molecule has 0 aromatic heterocycles. The third-order valence-corrected chi connectivity index (χ3v) is 4.74. The molecule has 1 amide bonds. The van der Waals surface area contributed by atoms with Gasteiger partial charge in [-0.15, -0.1) is 0 Å². The van der Waals surface area contributed by atoms with Crippen molar-refractivity contribution in [1.82, 2.24) is 4.90 Å². The van der Waals surface area contributed by atoms with Gasteiger partial charge < -0.3 is 14.4 Å². The van der Waals surface area contributed by atoms with Crippen molar-refractivity contribution in [3.05, 3.63) is 64.7 Å². The first kappa shape index (κ1) is 19.0. The van der Waals surface area contributed by atoms with E-state index < -0.39 is 5.97 Å². The van der Waals surface area contributed by atoms with Crippen LogP contribution in [0.15, 0.2) is 42.5 Å². The molecule has 1 aliphatic rings. The third-order valence-electron chi connectivity index (χ3n) is 4.74. The topological polar surface area (TPSA) is 55.8 Å². The van der Waals surface area contributed by atoms with Gasteiger partial charge in [0.2, 0.25) is 0 Å². The van der Waals surface area contributed by atoms with E-state index in [2.05, 4.69) is 0 Å². The van der Waals surface area contributed by atoms with E-state index in [-0.39, 0.29) is 12.5 Å². The van der Waals surface area contributed by atoms with Gasteiger partial charge in [0.15, 0.2) is 6.61 Å². The number of fused-ring (bicyclic) bond motifs is 1. The van der Waals surface area contributed by atoms with E-state index >= 15 is 0 Å². The molecule has 0 spiro atoms. The summed E-state index contributed by atoms with van der Waals surface area (Å²) in [5.41, 5.74) is 4.01. The van der Waals surface area contributed by atoms with Crippen molar-refractivity contribution >= 4 is 11.9 Å². The number of likely N-dealkylation sites (N-methyl/N-ethyl adjacent to an activating group) is 1. The molecule has 1 aliphatic carbocycles. The summed E-state index contributed by atoms with van der Waals surface area (Å²) in [5, 5.41) is 0. The zero-order chi connectivity index (χ0) is 19.2.